The van der Waals surface area contributed by atoms with E-state index >= 15 is 0 Å². The molecule has 3 heterocycles. The van der Waals surface area contributed by atoms with Crippen LogP contribution >= 0.6 is 11.3 Å². The molecule has 0 N–H and O–H groups in total. The number of aromatic nitrogens is 3. The largest absolute Gasteiger partial charge is 0.369 e. The van der Waals surface area contributed by atoms with E-state index in [1.54, 1.807) is 11.3 Å². The Morgan fingerprint density at radius 2 is 2.18 bits per heavy atom. The highest BCUT2D eigenvalue weighted by molar-refractivity contribution is 7.09. The monoisotopic (exact) mass is 320 g/mol. The zero-order chi connectivity index (χ0) is 15.7. The predicted molar refractivity (Wildman–Crippen MR) is 87.8 cm³/mol. The smallest absolute Gasteiger partial charge is 0.126 e. The van der Waals surface area contributed by atoms with E-state index in [-0.39, 0.29) is 0 Å². The summed E-state index contributed by atoms with van der Waals surface area (Å²) in [5.74, 6) is 1.16. The van der Waals surface area contributed by atoms with Crippen LogP contribution in [0.3, 0.4) is 0 Å². The van der Waals surface area contributed by atoms with Gasteiger partial charge in [-0.15, -0.1) is 11.3 Å². The normalized spacial score (nSPS) is 18.9. The molecule has 6 heteroatoms. The van der Waals surface area contributed by atoms with Crippen molar-refractivity contribution in [1.29, 1.82) is 0 Å². The average Bonchev–Trinajstić information content (AvgIpc) is 3.06. The van der Waals surface area contributed by atoms with Crippen LogP contribution in [0, 0.1) is 6.92 Å². The molecule has 22 heavy (non-hydrogen) atoms. The molecule has 0 amide bonds. The second-order valence-electron chi connectivity index (χ2n) is 6.12. The molecule has 1 aliphatic rings. The van der Waals surface area contributed by atoms with Crippen molar-refractivity contribution in [3.63, 3.8) is 0 Å². The van der Waals surface area contributed by atoms with Crippen LogP contribution in [-0.2, 0) is 24.5 Å². The molecule has 0 fully saturated rings. The van der Waals surface area contributed by atoms with Gasteiger partial charge in [0, 0.05) is 24.5 Å². The topological polar surface area (TPSA) is 43.2 Å². The van der Waals surface area contributed by atoms with Crippen molar-refractivity contribution in [2.75, 3.05) is 6.54 Å². The van der Waals surface area contributed by atoms with E-state index in [2.05, 4.69) is 45.6 Å². The minimum Gasteiger partial charge on any atom is -0.369 e. The van der Waals surface area contributed by atoms with Gasteiger partial charge in [-0.1, -0.05) is 0 Å². The molecule has 1 atom stereocenters. The Morgan fingerprint density at radius 1 is 1.36 bits per heavy atom. The summed E-state index contributed by atoms with van der Waals surface area (Å²) in [7, 11) is 0. The summed E-state index contributed by atoms with van der Waals surface area (Å²) in [6, 6.07) is 0.914. The molecule has 1 aliphatic heterocycles. The third-order valence-corrected chi connectivity index (χ3v) is 5.07. The molecule has 0 aliphatic carbocycles. The predicted octanol–water partition coefficient (Wildman–Crippen LogP) is 3.15. The number of hydrogen-bond donors (Lipinski definition) is 0. The van der Waals surface area contributed by atoms with Gasteiger partial charge in [-0.3, -0.25) is 4.90 Å². The molecule has 0 radical (unpaired) electrons. The standard InChI is InChI=1S/C16H24N4OS/c1-11(2)19-5-6-20-15(7-17-16(20)12(19)3)9-21-8-14-10-22-13(4)18-14/h7,10-12H,5-6,8-9H2,1-4H3/t12-/m0/s1. The summed E-state index contributed by atoms with van der Waals surface area (Å²) < 4.78 is 8.14. The van der Waals surface area contributed by atoms with Crippen molar-refractivity contribution in [3.8, 4) is 0 Å². The summed E-state index contributed by atoms with van der Waals surface area (Å²) >= 11 is 1.66. The molecule has 2 aromatic rings. The Morgan fingerprint density at radius 3 is 2.86 bits per heavy atom. The van der Waals surface area contributed by atoms with E-state index in [0.29, 0.717) is 25.3 Å². The number of imidazole rings is 1. The van der Waals surface area contributed by atoms with Crippen LogP contribution in [0.1, 0.15) is 49.0 Å². The van der Waals surface area contributed by atoms with E-state index < -0.39 is 0 Å². The summed E-state index contributed by atoms with van der Waals surface area (Å²) in [4.78, 5) is 11.5. The van der Waals surface area contributed by atoms with Gasteiger partial charge in [0.25, 0.3) is 0 Å². The maximum Gasteiger partial charge on any atom is 0.126 e. The number of aryl methyl sites for hydroxylation is 1. The number of nitrogens with zero attached hydrogens (tertiary/aromatic N) is 4. The fourth-order valence-electron chi connectivity index (χ4n) is 3.13. The summed E-state index contributed by atoms with van der Waals surface area (Å²) in [5, 5.41) is 3.15. The molecular weight excluding hydrogens is 296 g/mol. The lowest BCUT2D eigenvalue weighted by molar-refractivity contribution is 0.0918. The van der Waals surface area contributed by atoms with Crippen molar-refractivity contribution < 1.29 is 4.74 Å². The van der Waals surface area contributed by atoms with Crippen LogP contribution in [0.25, 0.3) is 0 Å². The molecule has 0 saturated carbocycles. The maximum atomic E-state index is 5.82. The van der Waals surface area contributed by atoms with Gasteiger partial charge in [-0.2, -0.15) is 0 Å². The van der Waals surface area contributed by atoms with Crippen molar-refractivity contribution in [1.82, 2.24) is 19.4 Å². The highest BCUT2D eigenvalue weighted by Crippen LogP contribution is 2.27. The Labute approximate surface area is 136 Å². The molecule has 0 spiro atoms. The number of fused-ring (bicyclic) bond motifs is 1. The highest BCUT2D eigenvalue weighted by atomic mass is 32.1. The second-order valence-corrected chi connectivity index (χ2v) is 7.18. The van der Waals surface area contributed by atoms with Crippen LogP contribution in [0.15, 0.2) is 11.6 Å². The van der Waals surface area contributed by atoms with E-state index in [1.807, 2.05) is 13.1 Å². The quantitative estimate of drug-likeness (QED) is 0.849. The van der Waals surface area contributed by atoms with Gasteiger partial charge in [-0.25, -0.2) is 9.97 Å². The van der Waals surface area contributed by atoms with Crippen molar-refractivity contribution in [2.45, 2.75) is 59.5 Å². The van der Waals surface area contributed by atoms with Crippen LogP contribution in [0.4, 0.5) is 0 Å². The minimum atomic E-state index is 0.365. The molecule has 0 unspecified atom stereocenters. The molecule has 0 bridgehead atoms. The van der Waals surface area contributed by atoms with Crippen molar-refractivity contribution in [3.05, 3.63) is 33.8 Å². The Hall–Kier alpha value is -1.24. The van der Waals surface area contributed by atoms with Gasteiger partial charge in [0.15, 0.2) is 0 Å². The molecule has 0 aromatic carbocycles. The number of ether oxygens (including phenoxy) is 1. The zero-order valence-corrected chi connectivity index (χ0v) is 14.6. The number of rotatable bonds is 5. The van der Waals surface area contributed by atoms with E-state index in [9.17, 15) is 0 Å². The van der Waals surface area contributed by atoms with Gasteiger partial charge in [-0.05, 0) is 27.7 Å². The van der Waals surface area contributed by atoms with Crippen LogP contribution in [-0.4, -0.2) is 32.0 Å². The summed E-state index contributed by atoms with van der Waals surface area (Å²) in [6.07, 6.45) is 1.96. The Balaban J connectivity index is 1.63. The average molecular weight is 320 g/mol. The number of hydrogen-bond acceptors (Lipinski definition) is 5. The molecule has 2 aromatic heterocycles. The van der Waals surface area contributed by atoms with Gasteiger partial charge < -0.3 is 9.30 Å². The SMILES string of the molecule is Cc1nc(COCc2cnc3n2CCN(C(C)C)[C@H]3C)cs1. The van der Waals surface area contributed by atoms with Gasteiger partial charge >= 0.3 is 0 Å². The lowest BCUT2D eigenvalue weighted by atomic mass is 10.1. The summed E-state index contributed by atoms with van der Waals surface area (Å²) in [5.41, 5.74) is 2.18. The second kappa shape index (κ2) is 6.48. The van der Waals surface area contributed by atoms with Gasteiger partial charge in [0.2, 0.25) is 0 Å². The zero-order valence-electron chi connectivity index (χ0n) is 13.7. The van der Waals surface area contributed by atoms with Crippen molar-refractivity contribution in [2.24, 2.45) is 0 Å². The first-order valence-electron chi connectivity index (χ1n) is 7.85. The van der Waals surface area contributed by atoms with Crippen LogP contribution in [0.2, 0.25) is 0 Å². The van der Waals surface area contributed by atoms with E-state index in [4.69, 9.17) is 4.74 Å². The van der Waals surface area contributed by atoms with E-state index in [0.717, 1.165) is 35.3 Å². The fourth-order valence-corrected chi connectivity index (χ4v) is 3.73. The van der Waals surface area contributed by atoms with Crippen LogP contribution in [0.5, 0.6) is 0 Å². The highest BCUT2D eigenvalue weighted by Gasteiger charge is 2.28. The van der Waals surface area contributed by atoms with E-state index in [1.165, 1.54) is 0 Å². The minimum absolute atomic E-state index is 0.365. The Bertz CT molecular complexity index is 634. The lowest BCUT2D eigenvalue weighted by Gasteiger charge is -2.37. The Kier molecular flexibility index (Phi) is 4.61. The molecule has 5 nitrogen and oxygen atoms in total. The first kappa shape index (κ1) is 15.6. The molecule has 120 valence electrons. The van der Waals surface area contributed by atoms with Gasteiger partial charge in [0.1, 0.15) is 5.82 Å². The first-order chi connectivity index (χ1) is 10.6. The van der Waals surface area contributed by atoms with Gasteiger partial charge in [0.05, 0.1) is 41.8 Å². The maximum absolute atomic E-state index is 5.82. The van der Waals surface area contributed by atoms with Crippen molar-refractivity contribution >= 4 is 11.3 Å². The summed E-state index contributed by atoms with van der Waals surface area (Å²) in [6.45, 7) is 12.0. The number of thiazole rings is 1. The molecular formula is C16H24N4OS. The molecule has 3 rings (SSSR count). The van der Waals surface area contributed by atoms with Crippen LogP contribution < -0.4 is 0 Å². The molecule has 0 saturated heterocycles. The first-order valence-corrected chi connectivity index (χ1v) is 8.73. The lowest BCUT2D eigenvalue weighted by Crippen LogP contribution is -2.41. The third kappa shape index (κ3) is 3.09. The fraction of sp³-hybridized carbons (Fsp3) is 0.625. The third-order valence-electron chi connectivity index (χ3n) is 4.25.